The van der Waals surface area contributed by atoms with Crippen molar-refractivity contribution in [1.29, 1.82) is 0 Å². The molecule has 0 unspecified atom stereocenters. The molecule has 0 aliphatic carbocycles. The highest BCUT2D eigenvalue weighted by molar-refractivity contribution is 14.1. The molecule has 0 bridgehead atoms. The van der Waals surface area contributed by atoms with Gasteiger partial charge in [-0.25, -0.2) is 4.98 Å². The molecular formula is C19H21IN2. The number of nitrogens with one attached hydrogen (secondary N) is 1. The van der Waals surface area contributed by atoms with Crippen LogP contribution in [0.15, 0.2) is 42.6 Å². The summed E-state index contributed by atoms with van der Waals surface area (Å²) in [6.07, 6.45) is 2.77. The van der Waals surface area contributed by atoms with E-state index in [2.05, 4.69) is 95.8 Å². The van der Waals surface area contributed by atoms with Crippen LogP contribution in [-0.2, 0) is 6.42 Å². The Labute approximate surface area is 146 Å². The summed E-state index contributed by atoms with van der Waals surface area (Å²) in [5.41, 5.74) is 2.41. The molecule has 0 spiro atoms. The van der Waals surface area contributed by atoms with Gasteiger partial charge in [0, 0.05) is 23.7 Å². The van der Waals surface area contributed by atoms with Gasteiger partial charge < -0.3 is 5.32 Å². The zero-order valence-electron chi connectivity index (χ0n) is 13.3. The van der Waals surface area contributed by atoms with Crippen LogP contribution in [0, 0.1) is 20.8 Å². The zero-order valence-corrected chi connectivity index (χ0v) is 15.4. The molecule has 0 saturated carbocycles. The molecule has 2 rings (SSSR count). The van der Waals surface area contributed by atoms with Gasteiger partial charge in [-0.2, -0.15) is 0 Å². The molecule has 0 radical (unpaired) electrons. The van der Waals surface area contributed by atoms with E-state index in [0.717, 1.165) is 27.9 Å². The van der Waals surface area contributed by atoms with Crippen LogP contribution in [0.5, 0.6) is 0 Å². The third-order valence-corrected chi connectivity index (χ3v) is 3.84. The van der Waals surface area contributed by atoms with Gasteiger partial charge >= 0.3 is 0 Å². The van der Waals surface area contributed by atoms with Crippen LogP contribution in [0.1, 0.15) is 31.9 Å². The fourth-order valence-corrected chi connectivity index (χ4v) is 2.44. The summed E-state index contributed by atoms with van der Waals surface area (Å²) in [4.78, 5) is 4.34. The molecule has 2 aromatic rings. The molecule has 0 saturated heterocycles. The van der Waals surface area contributed by atoms with Gasteiger partial charge in [-0.1, -0.05) is 24.0 Å². The van der Waals surface area contributed by atoms with Crippen molar-refractivity contribution in [3.8, 4) is 11.8 Å². The van der Waals surface area contributed by atoms with Crippen molar-refractivity contribution in [2.45, 2.75) is 27.2 Å². The largest absolute Gasteiger partial charge is 0.369 e. The minimum atomic E-state index is 0.0349. The first-order valence-electron chi connectivity index (χ1n) is 7.40. The Morgan fingerprint density at radius 1 is 1.18 bits per heavy atom. The van der Waals surface area contributed by atoms with Gasteiger partial charge in [0.15, 0.2) is 0 Å². The van der Waals surface area contributed by atoms with Crippen LogP contribution in [0.25, 0.3) is 0 Å². The first-order valence-corrected chi connectivity index (χ1v) is 8.48. The lowest BCUT2D eigenvalue weighted by atomic mass is 9.97. The Morgan fingerprint density at radius 3 is 2.73 bits per heavy atom. The number of halogens is 1. The van der Waals surface area contributed by atoms with E-state index in [1.54, 1.807) is 0 Å². The Hall–Kier alpha value is -1.54. The smallest absolute Gasteiger partial charge is 0.139 e. The second-order valence-corrected chi connectivity index (χ2v) is 7.37. The molecule has 3 heteroatoms. The molecule has 0 aliphatic rings. The number of nitrogens with zero attached hydrogens (tertiary/aromatic N) is 1. The number of aromatic nitrogens is 1. The average molecular weight is 404 g/mol. The maximum Gasteiger partial charge on any atom is 0.139 e. The summed E-state index contributed by atoms with van der Waals surface area (Å²) < 4.78 is 1.14. The summed E-state index contributed by atoms with van der Waals surface area (Å²) in [7, 11) is 0. The second kappa shape index (κ2) is 7.64. The molecule has 2 nitrogen and oxygen atoms in total. The molecule has 114 valence electrons. The van der Waals surface area contributed by atoms with Gasteiger partial charge in [0.2, 0.25) is 0 Å². The number of hydrogen-bond donors (Lipinski definition) is 1. The number of hydrogen-bond acceptors (Lipinski definition) is 2. The van der Waals surface area contributed by atoms with Crippen molar-refractivity contribution < 1.29 is 0 Å². The molecule has 0 fully saturated rings. The minimum absolute atomic E-state index is 0.0349. The topological polar surface area (TPSA) is 24.9 Å². The molecular weight excluding hydrogens is 383 g/mol. The quantitative estimate of drug-likeness (QED) is 0.588. The molecule has 22 heavy (non-hydrogen) atoms. The molecule has 1 aromatic heterocycles. The minimum Gasteiger partial charge on any atom is -0.369 e. The van der Waals surface area contributed by atoms with E-state index in [1.807, 2.05) is 12.3 Å². The molecule has 0 aliphatic heterocycles. The lowest BCUT2D eigenvalue weighted by Crippen LogP contribution is -2.07. The SMILES string of the molecule is CC(C)(C)C#Cc1cccc(CCNc2ncccc2I)c1. The van der Waals surface area contributed by atoms with Gasteiger partial charge in [-0.15, -0.1) is 0 Å². The van der Waals surface area contributed by atoms with Gasteiger partial charge in [0.05, 0.1) is 3.57 Å². The van der Waals surface area contributed by atoms with Crippen LogP contribution < -0.4 is 5.32 Å². The van der Waals surface area contributed by atoms with Crippen molar-refractivity contribution in [2.75, 3.05) is 11.9 Å². The van der Waals surface area contributed by atoms with E-state index in [1.165, 1.54) is 5.56 Å². The molecule has 0 amide bonds. The molecule has 1 heterocycles. The van der Waals surface area contributed by atoms with Crippen LogP contribution >= 0.6 is 22.6 Å². The van der Waals surface area contributed by atoms with E-state index < -0.39 is 0 Å². The number of anilines is 1. The monoisotopic (exact) mass is 404 g/mol. The zero-order chi connectivity index (χ0) is 16.0. The van der Waals surface area contributed by atoms with Crippen molar-refractivity contribution in [3.05, 3.63) is 57.3 Å². The standard InChI is InChI=1S/C19H21IN2/c1-19(2,3)11-9-15-6-4-7-16(14-15)10-13-22-18-17(20)8-5-12-21-18/h4-8,12,14H,10,13H2,1-3H3,(H,21,22). The van der Waals surface area contributed by atoms with Crippen LogP contribution in [0.4, 0.5) is 5.82 Å². The molecule has 1 aromatic carbocycles. The summed E-state index contributed by atoms with van der Waals surface area (Å²) in [6.45, 7) is 7.25. The summed E-state index contributed by atoms with van der Waals surface area (Å²) in [5, 5.41) is 3.38. The van der Waals surface area contributed by atoms with Gasteiger partial charge in [0.25, 0.3) is 0 Å². The lowest BCUT2D eigenvalue weighted by molar-refractivity contribution is 0.571. The predicted octanol–water partition coefficient (Wildman–Crippen LogP) is 4.74. The van der Waals surface area contributed by atoms with Crippen molar-refractivity contribution in [1.82, 2.24) is 4.98 Å². The fraction of sp³-hybridized carbons (Fsp3) is 0.316. The highest BCUT2D eigenvalue weighted by Gasteiger charge is 2.03. The Morgan fingerprint density at radius 2 is 2.00 bits per heavy atom. The highest BCUT2D eigenvalue weighted by atomic mass is 127. The Balaban J connectivity index is 1.96. The molecule has 1 N–H and O–H groups in total. The van der Waals surface area contributed by atoms with Crippen molar-refractivity contribution in [3.63, 3.8) is 0 Å². The van der Waals surface area contributed by atoms with E-state index >= 15 is 0 Å². The molecule has 0 atom stereocenters. The highest BCUT2D eigenvalue weighted by Crippen LogP contribution is 2.14. The third kappa shape index (κ3) is 5.69. The number of benzene rings is 1. The summed E-state index contributed by atoms with van der Waals surface area (Å²) >= 11 is 2.30. The number of pyridine rings is 1. The van der Waals surface area contributed by atoms with Crippen LogP contribution in [-0.4, -0.2) is 11.5 Å². The van der Waals surface area contributed by atoms with Crippen LogP contribution in [0.2, 0.25) is 0 Å². The van der Waals surface area contributed by atoms with Gasteiger partial charge in [-0.3, -0.25) is 0 Å². The van der Waals surface area contributed by atoms with Gasteiger partial charge in [-0.05, 0) is 79.6 Å². The van der Waals surface area contributed by atoms with E-state index in [0.29, 0.717) is 0 Å². The fourth-order valence-electron chi connectivity index (χ4n) is 1.91. The maximum atomic E-state index is 4.34. The first kappa shape index (κ1) is 16.8. The van der Waals surface area contributed by atoms with Crippen molar-refractivity contribution >= 4 is 28.4 Å². The summed E-state index contributed by atoms with van der Waals surface area (Å²) in [6, 6.07) is 12.5. The first-order chi connectivity index (χ1) is 10.4. The van der Waals surface area contributed by atoms with Crippen LogP contribution in [0.3, 0.4) is 0 Å². The Bertz CT molecular complexity index is 690. The van der Waals surface area contributed by atoms with Crippen molar-refractivity contribution in [2.24, 2.45) is 5.41 Å². The third-order valence-electron chi connectivity index (χ3n) is 2.97. The van der Waals surface area contributed by atoms with E-state index in [-0.39, 0.29) is 5.41 Å². The second-order valence-electron chi connectivity index (χ2n) is 6.21. The van der Waals surface area contributed by atoms with E-state index in [9.17, 15) is 0 Å². The maximum absolute atomic E-state index is 4.34. The number of rotatable bonds is 4. The Kier molecular flexibility index (Phi) is 5.84. The lowest BCUT2D eigenvalue weighted by Gasteiger charge is -2.08. The predicted molar refractivity (Wildman–Crippen MR) is 102 cm³/mol. The normalized spacial score (nSPS) is 10.7. The van der Waals surface area contributed by atoms with Gasteiger partial charge in [0.1, 0.15) is 5.82 Å². The van der Waals surface area contributed by atoms with E-state index in [4.69, 9.17) is 0 Å². The summed E-state index contributed by atoms with van der Waals surface area (Å²) in [5.74, 6) is 7.49. The average Bonchev–Trinajstić information content (AvgIpc) is 2.47.